The minimum absolute atomic E-state index is 0.249. The predicted molar refractivity (Wildman–Crippen MR) is 99.5 cm³/mol. The summed E-state index contributed by atoms with van der Waals surface area (Å²) in [6.45, 7) is 12.2. The molecule has 0 aromatic carbocycles. The minimum Gasteiger partial charge on any atom is -0.455 e. The van der Waals surface area contributed by atoms with Crippen molar-refractivity contribution in [1.29, 1.82) is 0 Å². The van der Waals surface area contributed by atoms with E-state index in [1.165, 1.54) is 37.3 Å². The quantitative estimate of drug-likeness (QED) is 0.489. The van der Waals surface area contributed by atoms with Crippen LogP contribution in [0, 0.1) is 0 Å². The van der Waals surface area contributed by atoms with Crippen molar-refractivity contribution in [2.45, 2.75) is 77.3 Å². The lowest BCUT2D eigenvalue weighted by atomic mass is 10.4. The maximum atomic E-state index is 11.5. The highest BCUT2D eigenvalue weighted by molar-refractivity contribution is 6.87. The number of ether oxygens (including phenoxy) is 1. The van der Waals surface area contributed by atoms with Gasteiger partial charge in [-0.2, -0.15) is 0 Å². The molecule has 0 bridgehead atoms. The molecule has 0 atom stereocenters. The molecule has 0 spiro atoms. The number of carbonyl (C=O) groups is 1. The van der Waals surface area contributed by atoms with E-state index in [-0.39, 0.29) is 6.09 Å². The van der Waals surface area contributed by atoms with E-state index in [4.69, 9.17) is 8.85 Å². The van der Waals surface area contributed by atoms with Crippen molar-refractivity contribution >= 4 is 22.7 Å². The number of methoxy groups -OCH3 is 1. The van der Waals surface area contributed by atoms with E-state index in [2.05, 4.69) is 34.6 Å². The zero-order chi connectivity index (χ0) is 17.2. The van der Waals surface area contributed by atoms with Crippen LogP contribution in [0.4, 0.5) is 4.79 Å². The third-order valence-corrected chi connectivity index (χ3v) is 16.4. The van der Waals surface area contributed by atoms with E-state index in [0.717, 1.165) is 19.0 Å². The van der Waals surface area contributed by atoms with Gasteiger partial charge >= 0.3 is 6.09 Å². The number of carbonyl (C=O) groups excluding carboxylic acids is 1. The SMILES string of the molecule is CC[Si](CC)(CC)O[Si](CC)(CC)CCCN(C)C(=O)OC. The van der Waals surface area contributed by atoms with Crippen LogP contribution in [0.5, 0.6) is 0 Å². The van der Waals surface area contributed by atoms with E-state index in [9.17, 15) is 4.79 Å². The van der Waals surface area contributed by atoms with Crippen LogP contribution in [0.2, 0.25) is 36.3 Å². The Labute approximate surface area is 139 Å². The number of nitrogens with zero attached hydrogens (tertiary/aromatic N) is 1. The van der Waals surface area contributed by atoms with Crippen LogP contribution in [-0.2, 0) is 8.85 Å². The molecule has 0 aliphatic heterocycles. The van der Waals surface area contributed by atoms with Crippen molar-refractivity contribution in [3.05, 3.63) is 0 Å². The van der Waals surface area contributed by atoms with E-state index in [1.807, 2.05) is 0 Å². The fraction of sp³-hybridized carbons (Fsp3) is 0.938. The molecule has 132 valence electrons. The summed E-state index contributed by atoms with van der Waals surface area (Å²) in [7, 11) is 0.0211. The van der Waals surface area contributed by atoms with Gasteiger partial charge in [0.25, 0.3) is 0 Å². The van der Waals surface area contributed by atoms with E-state index in [0.29, 0.717) is 0 Å². The van der Waals surface area contributed by atoms with Crippen molar-refractivity contribution in [3.8, 4) is 0 Å². The maximum absolute atomic E-state index is 11.5. The van der Waals surface area contributed by atoms with Crippen LogP contribution >= 0.6 is 0 Å². The first-order valence-electron chi connectivity index (χ1n) is 8.87. The van der Waals surface area contributed by atoms with Crippen LogP contribution in [0.1, 0.15) is 41.0 Å². The molecule has 0 aromatic heterocycles. The molecule has 0 heterocycles. The third-order valence-electron chi connectivity index (χ3n) is 5.27. The molecule has 1 amide bonds. The van der Waals surface area contributed by atoms with Crippen LogP contribution in [0.3, 0.4) is 0 Å². The molecule has 4 nitrogen and oxygen atoms in total. The Morgan fingerprint density at radius 3 is 1.73 bits per heavy atom. The largest absolute Gasteiger partial charge is 0.455 e. The predicted octanol–water partition coefficient (Wildman–Crippen LogP) is 5.08. The zero-order valence-corrected chi connectivity index (χ0v) is 17.8. The molecule has 0 unspecified atom stereocenters. The normalized spacial score (nSPS) is 12.3. The molecule has 0 rings (SSSR count). The van der Waals surface area contributed by atoms with Crippen molar-refractivity contribution in [1.82, 2.24) is 4.90 Å². The summed E-state index contributed by atoms with van der Waals surface area (Å²) < 4.78 is 11.7. The molecule has 0 radical (unpaired) electrons. The van der Waals surface area contributed by atoms with Gasteiger partial charge in [-0.25, -0.2) is 4.79 Å². The monoisotopic (exact) mass is 347 g/mol. The summed E-state index contributed by atoms with van der Waals surface area (Å²) in [5.41, 5.74) is 0. The number of rotatable bonds is 11. The van der Waals surface area contributed by atoms with Gasteiger partial charge in [-0.15, -0.1) is 0 Å². The second kappa shape index (κ2) is 10.4. The second-order valence-corrected chi connectivity index (χ2v) is 15.8. The van der Waals surface area contributed by atoms with Crippen LogP contribution in [-0.4, -0.2) is 48.3 Å². The van der Waals surface area contributed by atoms with E-state index in [1.54, 1.807) is 11.9 Å². The molecule has 0 aliphatic carbocycles. The number of hydrogen-bond acceptors (Lipinski definition) is 3. The molecular formula is C16H37NO3Si2. The zero-order valence-electron chi connectivity index (χ0n) is 15.8. The van der Waals surface area contributed by atoms with E-state index >= 15 is 0 Å². The first-order chi connectivity index (χ1) is 10.4. The van der Waals surface area contributed by atoms with Crippen LogP contribution in [0.25, 0.3) is 0 Å². The summed E-state index contributed by atoms with van der Waals surface area (Å²) in [6, 6.07) is 7.17. The lowest BCUT2D eigenvalue weighted by Gasteiger charge is -2.41. The van der Waals surface area contributed by atoms with Crippen molar-refractivity contribution in [2.75, 3.05) is 20.7 Å². The summed E-state index contributed by atoms with van der Waals surface area (Å²) in [4.78, 5) is 13.1. The minimum atomic E-state index is -1.67. The maximum Gasteiger partial charge on any atom is 0.409 e. The van der Waals surface area contributed by atoms with Gasteiger partial charge < -0.3 is 13.8 Å². The molecule has 0 fully saturated rings. The molecule has 0 saturated heterocycles. The summed E-state index contributed by atoms with van der Waals surface area (Å²) >= 11 is 0. The van der Waals surface area contributed by atoms with Crippen molar-refractivity contribution < 1.29 is 13.6 Å². The van der Waals surface area contributed by atoms with Crippen LogP contribution < -0.4 is 0 Å². The smallest absolute Gasteiger partial charge is 0.409 e. The van der Waals surface area contributed by atoms with Crippen molar-refractivity contribution in [2.24, 2.45) is 0 Å². The summed E-state index contributed by atoms with van der Waals surface area (Å²) in [5.74, 6) is 0. The Morgan fingerprint density at radius 2 is 1.36 bits per heavy atom. The van der Waals surface area contributed by atoms with Gasteiger partial charge in [0.2, 0.25) is 0 Å². The topological polar surface area (TPSA) is 38.8 Å². The Bertz CT molecular complexity index is 310. The van der Waals surface area contributed by atoms with Gasteiger partial charge in [0.05, 0.1) is 7.11 Å². The number of amides is 1. The lowest BCUT2D eigenvalue weighted by Crippen LogP contribution is -2.50. The molecule has 0 N–H and O–H groups in total. The average molecular weight is 348 g/mol. The first-order valence-corrected chi connectivity index (χ1v) is 13.9. The average Bonchev–Trinajstić information content (AvgIpc) is 2.57. The lowest BCUT2D eigenvalue weighted by molar-refractivity contribution is 0.133. The molecule has 0 aromatic rings. The molecule has 22 heavy (non-hydrogen) atoms. The molecule has 0 saturated carbocycles. The Kier molecular flexibility index (Phi) is 10.3. The highest BCUT2D eigenvalue weighted by Crippen LogP contribution is 2.33. The van der Waals surface area contributed by atoms with Crippen molar-refractivity contribution in [3.63, 3.8) is 0 Å². The summed E-state index contributed by atoms with van der Waals surface area (Å²) in [5, 5.41) is 0. The molecule has 0 aliphatic rings. The highest BCUT2D eigenvalue weighted by Gasteiger charge is 2.40. The van der Waals surface area contributed by atoms with Gasteiger partial charge in [0.15, 0.2) is 16.6 Å². The fourth-order valence-corrected chi connectivity index (χ4v) is 13.6. The van der Waals surface area contributed by atoms with Crippen LogP contribution in [0.15, 0.2) is 0 Å². The fourth-order valence-electron chi connectivity index (χ4n) is 3.11. The molecular weight excluding hydrogens is 310 g/mol. The Hall–Kier alpha value is -0.336. The van der Waals surface area contributed by atoms with Gasteiger partial charge in [0, 0.05) is 13.6 Å². The van der Waals surface area contributed by atoms with Gasteiger partial charge in [-0.3, -0.25) is 0 Å². The first kappa shape index (κ1) is 21.7. The van der Waals surface area contributed by atoms with Gasteiger partial charge in [0.1, 0.15) is 0 Å². The summed E-state index contributed by atoms with van der Waals surface area (Å²) in [6.07, 6.45) is 0.766. The Morgan fingerprint density at radius 1 is 0.909 bits per heavy atom. The van der Waals surface area contributed by atoms with Gasteiger partial charge in [-0.1, -0.05) is 34.6 Å². The highest BCUT2D eigenvalue weighted by atomic mass is 28.4. The second-order valence-electron chi connectivity index (χ2n) is 6.23. The third kappa shape index (κ3) is 6.04. The standard InChI is InChI=1S/C16H37NO3Si2/c1-8-21(9-2,10-3)20-22(11-4,12-5)15-13-14-17(6)16(18)19-7/h8-15H2,1-7H3. The van der Waals surface area contributed by atoms with Gasteiger partial charge in [-0.05, 0) is 42.7 Å². The molecule has 6 heteroatoms. The number of hydrogen-bond donors (Lipinski definition) is 0. The van der Waals surface area contributed by atoms with E-state index < -0.39 is 16.6 Å². The Balaban J connectivity index is 4.78.